The molecule has 0 amide bonds. The number of nitrogens with one attached hydrogen (secondary N) is 1. The Balaban J connectivity index is 2.46. The van der Waals surface area contributed by atoms with Crippen LogP contribution in [-0.2, 0) is 16.2 Å². The van der Waals surface area contributed by atoms with Crippen LogP contribution in [0.3, 0.4) is 0 Å². The first kappa shape index (κ1) is 15.8. The molecule has 8 heteroatoms. The van der Waals surface area contributed by atoms with Gasteiger partial charge in [-0.25, -0.2) is 8.42 Å². The first-order valence-electron chi connectivity index (χ1n) is 5.65. The number of sulfonamides is 1. The van der Waals surface area contributed by atoms with E-state index in [1.807, 2.05) is 0 Å². The van der Waals surface area contributed by atoms with Crippen LogP contribution in [0.2, 0.25) is 0 Å². The van der Waals surface area contributed by atoms with Gasteiger partial charge in [0.2, 0.25) is 0 Å². The van der Waals surface area contributed by atoms with Gasteiger partial charge in [0.15, 0.2) is 0 Å². The molecule has 0 saturated heterocycles. The van der Waals surface area contributed by atoms with Crippen molar-refractivity contribution in [2.75, 3.05) is 4.72 Å². The molecule has 0 unspecified atom stereocenters. The second-order valence-electron chi connectivity index (χ2n) is 4.11. The van der Waals surface area contributed by atoms with E-state index in [0.717, 1.165) is 18.2 Å². The van der Waals surface area contributed by atoms with Crippen molar-refractivity contribution in [3.8, 4) is 0 Å². The summed E-state index contributed by atoms with van der Waals surface area (Å²) >= 11 is 3.16. The highest BCUT2D eigenvalue weighted by Crippen LogP contribution is 2.34. The maximum absolute atomic E-state index is 12.9. The van der Waals surface area contributed by atoms with Gasteiger partial charge in [-0.2, -0.15) is 13.2 Å². The van der Waals surface area contributed by atoms with Gasteiger partial charge in [-0.05, 0) is 30.3 Å². The van der Waals surface area contributed by atoms with E-state index >= 15 is 0 Å². The topological polar surface area (TPSA) is 46.2 Å². The van der Waals surface area contributed by atoms with Crippen LogP contribution in [0.25, 0.3) is 0 Å². The molecular weight excluding hydrogens is 371 g/mol. The van der Waals surface area contributed by atoms with Gasteiger partial charge in [-0.15, -0.1) is 0 Å². The van der Waals surface area contributed by atoms with Crippen LogP contribution >= 0.6 is 15.9 Å². The maximum atomic E-state index is 12.9. The van der Waals surface area contributed by atoms with E-state index in [-0.39, 0.29) is 5.69 Å². The van der Waals surface area contributed by atoms with Gasteiger partial charge >= 0.3 is 6.18 Å². The van der Waals surface area contributed by atoms with Crippen molar-refractivity contribution in [1.82, 2.24) is 0 Å². The van der Waals surface area contributed by atoms with Crippen molar-refractivity contribution in [2.45, 2.75) is 11.1 Å². The fraction of sp³-hybridized carbons (Fsp3) is 0.0769. The average Bonchev–Trinajstić information content (AvgIpc) is 2.37. The van der Waals surface area contributed by atoms with Crippen LogP contribution in [0.5, 0.6) is 0 Å². The third kappa shape index (κ3) is 3.76. The number of anilines is 1. The fourth-order valence-corrected chi connectivity index (χ4v) is 3.37. The van der Waals surface area contributed by atoms with E-state index in [4.69, 9.17) is 0 Å². The third-order valence-electron chi connectivity index (χ3n) is 2.56. The number of hydrogen-bond donors (Lipinski definition) is 1. The molecule has 0 aliphatic heterocycles. The van der Waals surface area contributed by atoms with Gasteiger partial charge in [0.05, 0.1) is 10.5 Å². The first-order valence-corrected chi connectivity index (χ1v) is 7.92. The minimum Gasteiger partial charge on any atom is -0.280 e. The van der Waals surface area contributed by atoms with Crippen LogP contribution in [-0.4, -0.2) is 8.42 Å². The summed E-state index contributed by atoms with van der Waals surface area (Å²) < 4.78 is 65.7. The lowest BCUT2D eigenvalue weighted by Gasteiger charge is -2.14. The summed E-state index contributed by atoms with van der Waals surface area (Å²) in [6, 6.07) is 10.2. The van der Waals surface area contributed by atoms with Crippen LogP contribution in [0.1, 0.15) is 5.56 Å². The van der Waals surface area contributed by atoms with Crippen LogP contribution < -0.4 is 4.72 Å². The second kappa shape index (κ2) is 5.69. The number of benzene rings is 2. The van der Waals surface area contributed by atoms with Crippen molar-refractivity contribution in [1.29, 1.82) is 0 Å². The SMILES string of the molecule is O=S(=O)(Nc1cccc(Br)c1)c1ccccc1C(F)(F)F. The summed E-state index contributed by atoms with van der Waals surface area (Å²) in [5.74, 6) is 0. The molecule has 0 saturated carbocycles. The molecule has 0 bridgehead atoms. The molecule has 112 valence electrons. The van der Waals surface area contributed by atoms with Crippen molar-refractivity contribution >= 4 is 31.6 Å². The Bertz CT molecular complexity index is 760. The summed E-state index contributed by atoms with van der Waals surface area (Å²) in [4.78, 5) is -0.808. The van der Waals surface area contributed by atoms with Gasteiger partial charge < -0.3 is 0 Å². The zero-order valence-electron chi connectivity index (χ0n) is 10.4. The molecule has 21 heavy (non-hydrogen) atoms. The van der Waals surface area contributed by atoms with E-state index in [9.17, 15) is 21.6 Å². The highest BCUT2D eigenvalue weighted by atomic mass is 79.9. The van der Waals surface area contributed by atoms with Crippen molar-refractivity contribution in [3.05, 3.63) is 58.6 Å². The zero-order chi connectivity index (χ0) is 15.7. The average molecular weight is 380 g/mol. The summed E-state index contributed by atoms with van der Waals surface area (Å²) in [6.07, 6.45) is -4.75. The lowest BCUT2D eigenvalue weighted by molar-refractivity contribution is -0.139. The molecule has 2 aromatic carbocycles. The maximum Gasteiger partial charge on any atom is 0.417 e. The first-order chi connectivity index (χ1) is 9.70. The summed E-state index contributed by atoms with van der Waals surface area (Å²) in [7, 11) is -4.33. The van der Waals surface area contributed by atoms with Gasteiger partial charge in [-0.3, -0.25) is 4.72 Å². The monoisotopic (exact) mass is 379 g/mol. The van der Waals surface area contributed by atoms with E-state index in [1.54, 1.807) is 12.1 Å². The molecule has 0 atom stereocenters. The molecule has 0 spiro atoms. The summed E-state index contributed by atoms with van der Waals surface area (Å²) in [5, 5.41) is 0. The Kier molecular flexibility index (Phi) is 4.29. The van der Waals surface area contributed by atoms with Crippen LogP contribution in [0.15, 0.2) is 57.9 Å². The predicted molar refractivity (Wildman–Crippen MR) is 76.4 cm³/mol. The Morgan fingerprint density at radius 3 is 2.29 bits per heavy atom. The fourth-order valence-electron chi connectivity index (χ4n) is 1.70. The lowest BCUT2D eigenvalue weighted by atomic mass is 10.2. The zero-order valence-corrected chi connectivity index (χ0v) is 12.8. The Hall–Kier alpha value is -1.54. The predicted octanol–water partition coefficient (Wildman–Crippen LogP) is 4.27. The van der Waals surface area contributed by atoms with Crippen LogP contribution in [0.4, 0.5) is 18.9 Å². The minimum absolute atomic E-state index is 0.168. The normalized spacial score (nSPS) is 12.2. The number of hydrogen-bond acceptors (Lipinski definition) is 2. The highest BCUT2D eigenvalue weighted by Gasteiger charge is 2.36. The largest absolute Gasteiger partial charge is 0.417 e. The molecule has 0 aromatic heterocycles. The van der Waals surface area contributed by atoms with E-state index < -0.39 is 26.7 Å². The van der Waals surface area contributed by atoms with Crippen molar-refractivity contribution < 1.29 is 21.6 Å². The molecule has 3 nitrogen and oxygen atoms in total. The quantitative estimate of drug-likeness (QED) is 0.865. The minimum atomic E-state index is -4.75. The molecule has 0 heterocycles. The van der Waals surface area contributed by atoms with E-state index in [0.29, 0.717) is 4.47 Å². The molecule has 0 aliphatic carbocycles. The Morgan fingerprint density at radius 2 is 1.67 bits per heavy atom. The number of halogens is 4. The van der Waals surface area contributed by atoms with E-state index in [1.165, 1.54) is 18.2 Å². The molecule has 2 aromatic rings. The van der Waals surface area contributed by atoms with Gasteiger partial charge in [0.1, 0.15) is 0 Å². The van der Waals surface area contributed by atoms with E-state index in [2.05, 4.69) is 20.7 Å². The van der Waals surface area contributed by atoms with Crippen molar-refractivity contribution in [3.63, 3.8) is 0 Å². The van der Waals surface area contributed by atoms with Crippen molar-refractivity contribution in [2.24, 2.45) is 0 Å². The van der Waals surface area contributed by atoms with Gasteiger partial charge in [0, 0.05) is 10.2 Å². The standard InChI is InChI=1S/C13H9BrF3NO2S/c14-9-4-3-5-10(8-9)18-21(19,20)12-7-2-1-6-11(12)13(15,16)17/h1-8,18H. The van der Waals surface area contributed by atoms with Gasteiger partial charge in [0.25, 0.3) is 10.0 Å². The second-order valence-corrected chi connectivity index (χ2v) is 6.68. The molecule has 0 radical (unpaired) electrons. The number of rotatable bonds is 3. The molecule has 2 rings (SSSR count). The highest BCUT2D eigenvalue weighted by molar-refractivity contribution is 9.10. The molecular formula is C13H9BrF3NO2S. The van der Waals surface area contributed by atoms with Gasteiger partial charge in [-0.1, -0.05) is 34.1 Å². The number of alkyl halides is 3. The molecule has 1 N–H and O–H groups in total. The Labute approximate surface area is 128 Å². The van der Waals surface area contributed by atoms with Crippen LogP contribution in [0, 0.1) is 0 Å². The smallest absolute Gasteiger partial charge is 0.280 e. The third-order valence-corrected chi connectivity index (χ3v) is 4.49. The lowest BCUT2D eigenvalue weighted by Crippen LogP contribution is -2.18. The Morgan fingerprint density at radius 1 is 1.00 bits per heavy atom. The molecule has 0 fully saturated rings. The summed E-state index contributed by atoms with van der Waals surface area (Å²) in [6.45, 7) is 0. The summed E-state index contributed by atoms with van der Waals surface area (Å²) in [5.41, 5.74) is -1.03. The molecule has 0 aliphatic rings.